The maximum Gasteiger partial charge on any atom is 0.278 e. The minimum Gasteiger partial charge on any atom is -0.494 e. The largest absolute Gasteiger partial charge is 0.494 e. The van der Waals surface area contributed by atoms with E-state index in [9.17, 15) is 8.42 Å². The van der Waals surface area contributed by atoms with Crippen LogP contribution in [0.4, 0.5) is 0 Å². The molecule has 0 N–H and O–H groups in total. The van der Waals surface area contributed by atoms with Gasteiger partial charge in [-0.15, -0.1) is 0 Å². The molecule has 72 valence electrons. The normalized spacial score (nSPS) is 11.3. The molecule has 0 bridgehead atoms. The molecule has 0 amide bonds. The van der Waals surface area contributed by atoms with Crippen LogP contribution >= 0.6 is 33.3 Å². The van der Waals surface area contributed by atoms with E-state index in [-0.39, 0.29) is 5.03 Å². The van der Waals surface area contributed by atoms with Gasteiger partial charge in [-0.05, 0) is 28.7 Å². The molecule has 0 saturated heterocycles. The lowest BCUT2D eigenvalue weighted by Gasteiger charge is -2.02. The molecule has 0 radical (unpaired) electrons. The van der Waals surface area contributed by atoms with Crippen LogP contribution in [0.2, 0.25) is 0 Å². The van der Waals surface area contributed by atoms with Crippen molar-refractivity contribution in [1.82, 2.24) is 4.98 Å². The molecule has 13 heavy (non-hydrogen) atoms. The highest BCUT2D eigenvalue weighted by molar-refractivity contribution is 14.1. The van der Waals surface area contributed by atoms with Gasteiger partial charge in [-0.25, -0.2) is 13.4 Å². The molecule has 0 aromatic carbocycles. The van der Waals surface area contributed by atoms with Gasteiger partial charge in [0.15, 0.2) is 10.8 Å². The summed E-state index contributed by atoms with van der Waals surface area (Å²) in [5.74, 6) is 0.518. The van der Waals surface area contributed by atoms with Crippen molar-refractivity contribution in [3.05, 3.63) is 15.8 Å². The summed E-state index contributed by atoms with van der Waals surface area (Å²) in [6, 6.07) is 1.35. The molecule has 0 spiro atoms. The second-order valence-corrected chi connectivity index (χ2v) is 5.77. The van der Waals surface area contributed by atoms with Crippen LogP contribution in [0.15, 0.2) is 17.3 Å². The summed E-state index contributed by atoms with van der Waals surface area (Å²) in [7, 11) is 2.82. The minimum absolute atomic E-state index is 0.167. The minimum atomic E-state index is -3.75. The number of halogens is 2. The van der Waals surface area contributed by atoms with Gasteiger partial charge < -0.3 is 4.74 Å². The first-order valence-electron chi connectivity index (χ1n) is 3.09. The molecule has 0 aliphatic rings. The third kappa shape index (κ3) is 2.68. The van der Waals surface area contributed by atoms with Crippen LogP contribution in [0.3, 0.4) is 0 Å². The maximum absolute atomic E-state index is 10.8. The van der Waals surface area contributed by atoms with Gasteiger partial charge >= 0.3 is 0 Å². The SMILES string of the molecule is COc1cnc(S(=O)(=O)Cl)cc1I. The predicted molar refractivity (Wildman–Crippen MR) is 56.5 cm³/mol. The summed E-state index contributed by atoms with van der Waals surface area (Å²) in [4.78, 5) is 3.63. The number of hydrogen-bond acceptors (Lipinski definition) is 4. The van der Waals surface area contributed by atoms with E-state index in [1.54, 1.807) is 0 Å². The fourth-order valence-electron chi connectivity index (χ4n) is 0.684. The van der Waals surface area contributed by atoms with Crippen molar-refractivity contribution in [2.45, 2.75) is 5.03 Å². The molecule has 1 heterocycles. The lowest BCUT2D eigenvalue weighted by molar-refractivity contribution is 0.409. The summed E-state index contributed by atoms with van der Waals surface area (Å²) < 4.78 is 27.2. The molecule has 1 rings (SSSR count). The van der Waals surface area contributed by atoms with Crippen LogP contribution in [-0.4, -0.2) is 20.5 Å². The Bertz CT molecular complexity index is 420. The average Bonchev–Trinajstić information content (AvgIpc) is 2.02. The van der Waals surface area contributed by atoms with Gasteiger partial charge in [0.1, 0.15) is 0 Å². The Morgan fingerprint density at radius 2 is 2.23 bits per heavy atom. The molecule has 7 heteroatoms. The number of rotatable bonds is 2. The first kappa shape index (κ1) is 11.0. The molecule has 1 aromatic heterocycles. The van der Waals surface area contributed by atoms with E-state index in [1.807, 2.05) is 22.6 Å². The lowest BCUT2D eigenvalue weighted by atomic mass is 10.5. The highest BCUT2D eigenvalue weighted by Crippen LogP contribution is 2.22. The molecule has 1 aromatic rings. The Balaban J connectivity index is 3.26. The van der Waals surface area contributed by atoms with Gasteiger partial charge in [0.05, 0.1) is 16.9 Å². The van der Waals surface area contributed by atoms with Gasteiger partial charge in [0.25, 0.3) is 9.05 Å². The number of pyridine rings is 1. The summed E-state index contributed by atoms with van der Waals surface area (Å²) in [6.45, 7) is 0. The second-order valence-electron chi connectivity index (χ2n) is 2.09. The van der Waals surface area contributed by atoms with Crippen LogP contribution in [0, 0.1) is 3.57 Å². The van der Waals surface area contributed by atoms with E-state index in [2.05, 4.69) is 4.98 Å². The summed E-state index contributed by atoms with van der Waals surface area (Å²) in [5, 5.41) is -0.167. The molecule has 0 aliphatic carbocycles. The van der Waals surface area contributed by atoms with Crippen molar-refractivity contribution >= 4 is 42.3 Å². The zero-order valence-electron chi connectivity index (χ0n) is 6.49. The lowest BCUT2D eigenvalue weighted by Crippen LogP contribution is -1.97. The van der Waals surface area contributed by atoms with E-state index in [4.69, 9.17) is 15.4 Å². The van der Waals surface area contributed by atoms with Gasteiger partial charge in [-0.2, -0.15) is 0 Å². The van der Waals surface area contributed by atoms with Gasteiger partial charge in [-0.1, -0.05) is 0 Å². The van der Waals surface area contributed by atoms with Gasteiger partial charge in [0.2, 0.25) is 0 Å². The van der Waals surface area contributed by atoms with Crippen LogP contribution in [-0.2, 0) is 9.05 Å². The van der Waals surface area contributed by atoms with Crippen molar-refractivity contribution in [2.75, 3.05) is 7.11 Å². The Morgan fingerprint density at radius 3 is 2.62 bits per heavy atom. The summed E-state index contributed by atoms with van der Waals surface area (Å²) in [5.41, 5.74) is 0. The monoisotopic (exact) mass is 333 g/mol. The fraction of sp³-hybridized carbons (Fsp3) is 0.167. The van der Waals surface area contributed by atoms with Crippen molar-refractivity contribution < 1.29 is 13.2 Å². The Labute approximate surface area is 93.8 Å². The van der Waals surface area contributed by atoms with E-state index < -0.39 is 9.05 Å². The van der Waals surface area contributed by atoms with Crippen LogP contribution in [0.25, 0.3) is 0 Å². The molecule has 0 fully saturated rings. The number of nitrogens with zero attached hydrogens (tertiary/aromatic N) is 1. The highest BCUT2D eigenvalue weighted by atomic mass is 127. The van der Waals surface area contributed by atoms with Crippen molar-refractivity contribution in [2.24, 2.45) is 0 Å². The van der Waals surface area contributed by atoms with Crippen LogP contribution in [0.5, 0.6) is 5.75 Å². The summed E-state index contributed by atoms with van der Waals surface area (Å²) >= 11 is 1.94. The van der Waals surface area contributed by atoms with Crippen molar-refractivity contribution in [3.63, 3.8) is 0 Å². The standard InChI is InChI=1S/C6H5ClINO3S/c1-12-5-3-9-6(2-4(5)8)13(7,10)11/h2-3H,1H3. The third-order valence-electron chi connectivity index (χ3n) is 1.26. The smallest absolute Gasteiger partial charge is 0.278 e. The Hall–Kier alpha value is -0.0800. The van der Waals surface area contributed by atoms with Gasteiger partial charge in [-0.3, -0.25) is 0 Å². The number of aromatic nitrogens is 1. The highest BCUT2D eigenvalue weighted by Gasteiger charge is 2.13. The Kier molecular flexibility index (Phi) is 3.36. The number of methoxy groups -OCH3 is 1. The Morgan fingerprint density at radius 1 is 1.62 bits per heavy atom. The maximum atomic E-state index is 10.8. The first-order chi connectivity index (χ1) is 5.95. The summed E-state index contributed by atoms with van der Waals surface area (Å²) in [6.07, 6.45) is 1.32. The number of hydrogen-bond donors (Lipinski definition) is 0. The van der Waals surface area contributed by atoms with E-state index >= 15 is 0 Å². The molecule has 0 unspecified atom stereocenters. The first-order valence-corrected chi connectivity index (χ1v) is 6.48. The van der Waals surface area contributed by atoms with Gasteiger partial charge in [0, 0.05) is 10.7 Å². The predicted octanol–water partition coefficient (Wildman–Crippen LogP) is 1.62. The molecule has 4 nitrogen and oxygen atoms in total. The van der Waals surface area contributed by atoms with E-state index in [1.165, 1.54) is 19.4 Å². The van der Waals surface area contributed by atoms with E-state index in [0.717, 1.165) is 0 Å². The molecular formula is C6H5ClINO3S. The van der Waals surface area contributed by atoms with Crippen molar-refractivity contribution in [3.8, 4) is 5.75 Å². The number of ether oxygens (including phenoxy) is 1. The van der Waals surface area contributed by atoms with Crippen LogP contribution in [0.1, 0.15) is 0 Å². The molecular weight excluding hydrogens is 328 g/mol. The van der Waals surface area contributed by atoms with Crippen molar-refractivity contribution in [1.29, 1.82) is 0 Å². The van der Waals surface area contributed by atoms with E-state index in [0.29, 0.717) is 9.32 Å². The topological polar surface area (TPSA) is 56.3 Å². The molecule has 0 atom stereocenters. The third-order valence-corrected chi connectivity index (χ3v) is 3.30. The average molecular weight is 334 g/mol. The van der Waals surface area contributed by atoms with Crippen LogP contribution < -0.4 is 4.74 Å². The zero-order valence-corrected chi connectivity index (χ0v) is 10.2. The zero-order chi connectivity index (χ0) is 10.1. The fourth-order valence-corrected chi connectivity index (χ4v) is 2.24. The quantitative estimate of drug-likeness (QED) is 0.610. The molecule has 0 saturated carbocycles. The second kappa shape index (κ2) is 3.97. The molecule has 0 aliphatic heterocycles.